The van der Waals surface area contributed by atoms with Crippen LogP contribution in [0, 0.1) is 0 Å². The van der Waals surface area contributed by atoms with Crippen LogP contribution in [0.1, 0.15) is 31.0 Å². The Labute approximate surface area is 140 Å². The molecule has 0 aromatic heterocycles. The van der Waals surface area contributed by atoms with E-state index in [-0.39, 0.29) is 5.75 Å². The third-order valence-corrected chi connectivity index (χ3v) is 4.90. The highest BCUT2D eigenvalue weighted by Gasteiger charge is 2.26. The molecule has 0 unspecified atom stereocenters. The molecule has 0 aliphatic carbocycles. The number of hydrogen-bond donors (Lipinski definition) is 2. The Kier molecular flexibility index (Phi) is 6.69. The SMILES string of the molecule is CCN(CC)CCNC[C@H]1c2cc(O)c(OC)cc2CCN1C. The number of aromatic hydroxyl groups is 1. The van der Waals surface area contributed by atoms with Crippen LogP contribution in [-0.4, -0.2) is 68.3 Å². The van der Waals surface area contributed by atoms with Crippen LogP contribution in [0.15, 0.2) is 12.1 Å². The van der Waals surface area contributed by atoms with Gasteiger partial charge in [-0.25, -0.2) is 0 Å². The van der Waals surface area contributed by atoms with Gasteiger partial charge in [0.25, 0.3) is 0 Å². The van der Waals surface area contributed by atoms with Crippen molar-refractivity contribution in [1.29, 1.82) is 0 Å². The summed E-state index contributed by atoms with van der Waals surface area (Å²) in [5.41, 5.74) is 2.50. The fraction of sp³-hybridized carbons (Fsp3) is 0.667. The summed E-state index contributed by atoms with van der Waals surface area (Å²) in [4.78, 5) is 4.78. The number of hydrogen-bond acceptors (Lipinski definition) is 5. The predicted molar refractivity (Wildman–Crippen MR) is 94.4 cm³/mol. The van der Waals surface area contributed by atoms with Gasteiger partial charge in [-0.3, -0.25) is 4.90 Å². The van der Waals surface area contributed by atoms with E-state index in [0.29, 0.717) is 11.8 Å². The molecule has 1 aromatic carbocycles. The van der Waals surface area contributed by atoms with E-state index in [4.69, 9.17) is 4.74 Å². The molecule has 5 heteroatoms. The number of rotatable bonds is 8. The molecule has 1 aliphatic rings. The summed E-state index contributed by atoms with van der Waals surface area (Å²) in [6.07, 6.45) is 0.998. The first kappa shape index (κ1) is 18.0. The van der Waals surface area contributed by atoms with Crippen LogP contribution in [0.2, 0.25) is 0 Å². The zero-order valence-corrected chi connectivity index (χ0v) is 14.9. The standard InChI is InChI=1S/C18H31N3O2/c1-5-21(6-2)10-8-19-13-16-15-12-17(22)18(23-4)11-14(15)7-9-20(16)3/h11-12,16,19,22H,5-10,13H2,1-4H3/t16-/m0/s1. The molecule has 0 bridgehead atoms. The van der Waals surface area contributed by atoms with Gasteiger partial charge in [0.1, 0.15) is 0 Å². The van der Waals surface area contributed by atoms with E-state index in [1.807, 2.05) is 12.1 Å². The summed E-state index contributed by atoms with van der Waals surface area (Å²) in [6, 6.07) is 4.16. The number of ether oxygens (including phenoxy) is 1. The van der Waals surface area contributed by atoms with Crippen LogP contribution in [0.25, 0.3) is 0 Å². The highest BCUT2D eigenvalue weighted by molar-refractivity contribution is 5.48. The number of benzene rings is 1. The number of phenols is 1. The third-order valence-electron chi connectivity index (χ3n) is 4.90. The van der Waals surface area contributed by atoms with E-state index in [1.165, 1.54) is 11.1 Å². The molecular formula is C18H31N3O2. The predicted octanol–water partition coefficient (Wildman–Crippen LogP) is 1.86. The topological polar surface area (TPSA) is 48.0 Å². The van der Waals surface area contributed by atoms with Crippen molar-refractivity contribution in [3.63, 3.8) is 0 Å². The highest BCUT2D eigenvalue weighted by atomic mass is 16.5. The average Bonchev–Trinajstić information content (AvgIpc) is 2.56. The van der Waals surface area contributed by atoms with Crippen LogP contribution < -0.4 is 10.1 Å². The Balaban J connectivity index is 2.01. The molecule has 1 atom stereocenters. The van der Waals surface area contributed by atoms with Crippen molar-refractivity contribution in [2.24, 2.45) is 0 Å². The van der Waals surface area contributed by atoms with Crippen molar-refractivity contribution in [3.8, 4) is 11.5 Å². The maximum Gasteiger partial charge on any atom is 0.160 e. The lowest BCUT2D eigenvalue weighted by Crippen LogP contribution is -2.40. The van der Waals surface area contributed by atoms with Crippen molar-refractivity contribution in [2.75, 3.05) is 53.4 Å². The Morgan fingerprint density at radius 3 is 2.74 bits per heavy atom. The van der Waals surface area contributed by atoms with Gasteiger partial charge in [0.05, 0.1) is 7.11 Å². The fourth-order valence-corrected chi connectivity index (χ4v) is 3.29. The summed E-state index contributed by atoms with van der Waals surface area (Å²) in [7, 11) is 3.75. The van der Waals surface area contributed by atoms with Gasteiger partial charge in [0.2, 0.25) is 0 Å². The molecule has 1 heterocycles. The van der Waals surface area contributed by atoms with E-state index < -0.39 is 0 Å². The van der Waals surface area contributed by atoms with Crippen LogP contribution in [0.4, 0.5) is 0 Å². The van der Waals surface area contributed by atoms with Gasteiger partial charge < -0.3 is 20.1 Å². The average molecular weight is 321 g/mol. The zero-order valence-electron chi connectivity index (χ0n) is 14.9. The molecule has 5 nitrogen and oxygen atoms in total. The summed E-state index contributed by atoms with van der Waals surface area (Å²) < 4.78 is 5.24. The number of likely N-dealkylation sites (N-methyl/N-ethyl adjacent to an activating group) is 2. The lowest BCUT2D eigenvalue weighted by molar-refractivity contribution is 0.219. The molecule has 23 heavy (non-hydrogen) atoms. The van der Waals surface area contributed by atoms with E-state index >= 15 is 0 Å². The molecule has 0 fully saturated rings. The molecule has 2 rings (SSSR count). The smallest absolute Gasteiger partial charge is 0.160 e. The molecule has 0 amide bonds. The maximum atomic E-state index is 10.1. The zero-order chi connectivity index (χ0) is 16.8. The van der Waals surface area contributed by atoms with Gasteiger partial charge in [-0.05, 0) is 49.8 Å². The normalized spacial score (nSPS) is 18.2. The number of phenolic OH excluding ortho intramolecular Hbond substituents is 1. The second kappa shape index (κ2) is 8.52. The van der Waals surface area contributed by atoms with E-state index in [9.17, 15) is 5.11 Å². The Morgan fingerprint density at radius 2 is 2.09 bits per heavy atom. The molecule has 0 radical (unpaired) electrons. The molecule has 1 aliphatic heterocycles. The van der Waals surface area contributed by atoms with Gasteiger partial charge in [0.15, 0.2) is 11.5 Å². The van der Waals surface area contributed by atoms with Gasteiger partial charge in [0, 0.05) is 32.2 Å². The summed E-state index contributed by atoms with van der Waals surface area (Å²) in [6.45, 7) is 10.6. The van der Waals surface area contributed by atoms with Crippen LogP contribution in [0.5, 0.6) is 11.5 Å². The number of fused-ring (bicyclic) bond motifs is 1. The largest absolute Gasteiger partial charge is 0.504 e. The molecule has 0 spiro atoms. The first-order valence-corrected chi connectivity index (χ1v) is 8.63. The van der Waals surface area contributed by atoms with E-state index in [1.54, 1.807) is 7.11 Å². The van der Waals surface area contributed by atoms with Crippen molar-refractivity contribution in [2.45, 2.75) is 26.3 Å². The van der Waals surface area contributed by atoms with Gasteiger partial charge in [-0.1, -0.05) is 13.8 Å². The lowest BCUT2D eigenvalue weighted by atomic mass is 9.92. The third kappa shape index (κ3) is 4.37. The van der Waals surface area contributed by atoms with Crippen molar-refractivity contribution >= 4 is 0 Å². The van der Waals surface area contributed by atoms with Crippen molar-refractivity contribution in [1.82, 2.24) is 15.1 Å². The first-order valence-electron chi connectivity index (χ1n) is 8.63. The Bertz CT molecular complexity index is 503. The molecule has 0 saturated carbocycles. The molecular weight excluding hydrogens is 290 g/mol. The van der Waals surface area contributed by atoms with Gasteiger partial charge >= 0.3 is 0 Å². The summed E-state index contributed by atoms with van der Waals surface area (Å²) in [5.74, 6) is 0.802. The number of nitrogens with zero attached hydrogens (tertiary/aromatic N) is 2. The summed E-state index contributed by atoms with van der Waals surface area (Å²) >= 11 is 0. The molecule has 0 saturated heterocycles. The van der Waals surface area contributed by atoms with Gasteiger partial charge in [-0.15, -0.1) is 0 Å². The fourth-order valence-electron chi connectivity index (χ4n) is 3.29. The minimum atomic E-state index is 0.231. The van der Waals surface area contributed by atoms with Crippen LogP contribution in [0.3, 0.4) is 0 Å². The highest BCUT2D eigenvalue weighted by Crippen LogP contribution is 2.36. The molecule has 130 valence electrons. The van der Waals surface area contributed by atoms with Gasteiger partial charge in [-0.2, -0.15) is 0 Å². The number of methoxy groups -OCH3 is 1. The molecule has 1 aromatic rings. The maximum absolute atomic E-state index is 10.1. The quantitative estimate of drug-likeness (QED) is 0.716. The van der Waals surface area contributed by atoms with Crippen LogP contribution in [-0.2, 0) is 6.42 Å². The number of nitrogens with one attached hydrogen (secondary N) is 1. The Hall–Kier alpha value is -1.30. The van der Waals surface area contributed by atoms with E-state index in [2.05, 4.69) is 36.0 Å². The minimum Gasteiger partial charge on any atom is -0.504 e. The minimum absolute atomic E-state index is 0.231. The van der Waals surface area contributed by atoms with Crippen LogP contribution >= 0.6 is 0 Å². The summed E-state index contributed by atoms with van der Waals surface area (Å²) in [5, 5.41) is 13.7. The monoisotopic (exact) mass is 321 g/mol. The Morgan fingerprint density at radius 1 is 1.35 bits per heavy atom. The van der Waals surface area contributed by atoms with Crippen molar-refractivity contribution in [3.05, 3.63) is 23.3 Å². The second-order valence-electron chi connectivity index (χ2n) is 6.20. The first-order chi connectivity index (χ1) is 11.1. The second-order valence-corrected chi connectivity index (χ2v) is 6.20. The lowest BCUT2D eigenvalue weighted by Gasteiger charge is -2.35. The van der Waals surface area contributed by atoms with Crippen molar-refractivity contribution < 1.29 is 9.84 Å². The van der Waals surface area contributed by atoms with E-state index in [0.717, 1.165) is 45.7 Å². The molecule has 2 N–H and O–H groups in total.